The summed E-state index contributed by atoms with van der Waals surface area (Å²) < 4.78 is 44.7. The molecule has 0 heterocycles. The number of ether oxygens (including phenoxy) is 1. The summed E-state index contributed by atoms with van der Waals surface area (Å²) in [4.78, 5) is 10.3. The summed E-state index contributed by atoms with van der Waals surface area (Å²) in [5, 5.41) is 0. The van der Waals surface area contributed by atoms with Crippen LogP contribution in [0.3, 0.4) is 0 Å². The quantitative estimate of drug-likeness (QED) is 0.472. The van der Waals surface area contributed by atoms with Crippen LogP contribution in [0.25, 0.3) is 0 Å². The van der Waals surface area contributed by atoms with Gasteiger partial charge in [-0.2, -0.15) is 8.42 Å². The van der Waals surface area contributed by atoms with Crippen LogP contribution in [-0.4, -0.2) is 27.6 Å². The zero-order chi connectivity index (χ0) is 14.9. The van der Waals surface area contributed by atoms with E-state index >= 15 is 0 Å². The summed E-state index contributed by atoms with van der Waals surface area (Å²) in [6.07, 6.45) is 0. The third-order valence-electron chi connectivity index (χ3n) is 1.73. The monoisotopic (exact) mass is 292 g/mol. The van der Waals surface area contributed by atoms with Crippen LogP contribution < -0.4 is 0 Å². The third kappa shape index (κ3) is 6.88. The van der Waals surface area contributed by atoms with Crippen molar-refractivity contribution in [2.75, 3.05) is 13.2 Å². The predicted molar refractivity (Wildman–Crippen MR) is 67.5 cm³/mol. The number of hydrogen-bond acceptors (Lipinski definition) is 5. The van der Waals surface area contributed by atoms with Crippen LogP contribution in [0.4, 0.5) is 4.39 Å². The van der Waals surface area contributed by atoms with Crippen molar-refractivity contribution in [3.63, 3.8) is 0 Å². The minimum absolute atomic E-state index is 0.151. The van der Waals surface area contributed by atoms with E-state index < -0.39 is 21.9 Å². The maximum atomic E-state index is 12.6. The lowest BCUT2D eigenvalue weighted by molar-refractivity contribution is -0.141. The molecule has 0 bridgehead atoms. The third-order valence-corrected chi connectivity index (χ3v) is 3.06. The highest BCUT2D eigenvalue weighted by Crippen LogP contribution is 2.12. The highest BCUT2D eigenvalue weighted by molar-refractivity contribution is 7.86. The first-order chi connectivity index (χ1) is 8.92. The molecule has 0 aliphatic carbocycles. The second kappa shape index (κ2) is 8.60. The van der Waals surface area contributed by atoms with Crippen LogP contribution in [0.5, 0.6) is 0 Å². The molecule has 108 valence electrons. The predicted octanol–water partition coefficient (Wildman–Crippen LogP) is 2.12. The molecule has 0 atom stereocenters. The average molecular weight is 292 g/mol. The van der Waals surface area contributed by atoms with Crippen molar-refractivity contribution in [1.29, 1.82) is 0 Å². The Morgan fingerprint density at radius 1 is 1.16 bits per heavy atom. The molecule has 19 heavy (non-hydrogen) atoms. The molecule has 7 heteroatoms. The second-order valence-corrected chi connectivity index (χ2v) is 4.69. The van der Waals surface area contributed by atoms with Crippen LogP contribution in [0.15, 0.2) is 29.2 Å². The van der Waals surface area contributed by atoms with Crippen molar-refractivity contribution in [2.24, 2.45) is 0 Å². The number of hydrogen-bond donors (Lipinski definition) is 0. The molecule has 0 aliphatic rings. The lowest BCUT2D eigenvalue weighted by Crippen LogP contribution is -2.13. The summed E-state index contributed by atoms with van der Waals surface area (Å²) in [6.45, 7) is 4.77. The molecule has 0 unspecified atom stereocenters. The maximum Gasteiger partial charge on any atom is 0.302 e. The number of carbonyl (C=O) groups excluding carboxylic acids is 1. The van der Waals surface area contributed by atoms with Gasteiger partial charge >= 0.3 is 5.97 Å². The number of benzene rings is 1. The van der Waals surface area contributed by atoms with E-state index in [1.165, 1.54) is 6.92 Å². The lowest BCUT2D eigenvalue weighted by atomic mass is 10.4. The van der Waals surface area contributed by atoms with Crippen molar-refractivity contribution in [1.82, 2.24) is 0 Å². The smallest absolute Gasteiger partial charge is 0.302 e. The minimum atomic E-state index is -3.93. The highest BCUT2D eigenvalue weighted by atomic mass is 32.2. The zero-order valence-electron chi connectivity index (χ0n) is 11.1. The van der Waals surface area contributed by atoms with E-state index in [0.717, 1.165) is 24.3 Å². The molecule has 1 rings (SSSR count). The minimum Gasteiger partial charge on any atom is -0.463 e. The molecule has 0 N–H and O–H groups in total. The molecule has 0 fully saturated rings. The van der Waals surface area contributed by atoms with Gasteiger partial charge in [-0.25, -0.2) is 4.39 Å². The largest absolute Gasteiger partial charge is 0.463 e. The van der Waals surface area contributed by atoms with E-state index in [2.05, 4.69) is 8.92 Å². The Hall–Kier alpha value is -1.47. The molecule has 5 nitrogen and oxygen atoms in total. The van der Waals surface area contributed by atoms with E-state index in [-0.39, 0.29) is 18.1 Å². The summed E-state index contributed by atoms with van der Waals surface area (Å²) >= 11 is 0. The normalized spacial score (nSPS) is 10.3. The molecule has 0 aliphatic heterocycles. The van der Waals surface area contributed by atoms with Gasteiger partial charge in [0.05, 0.1) is 4.90 Å². The number of halogens is 1. The SMILES string of the molecule is CC.CC(=O)OCCOS(=O)(=O)c1ccc(F)cc1. The van der Waals surface area contributed by atoms with Crippen molar-refractivity contribution in [2.45, 2.75) is 25.7 Å². The molecule has 0 spiro atoms. The van der Waals surface area contributed by atoms with Gasteiger partial charge in [0.1, 0.15) is 19.0 Å². The van der Waals surface area contributed by atoms with Gasteiger partial charge in [0.2, 0.25) is 0 Å². The molecule has 1 aromatic carbocycles. The first kappa shape index (κ1) is 17.5. The van der Waals surface area contributed by atoms with Gasteiger partial charge in [-0.15, -0.1) is 0 Å². The summed E-state index contributed by atoms with van der Waals surface area (Å²) in [6, 6.07) is 4.22. The fourth-order valence-corrected chi connectivity index (χ4v) is 1.89. The van der Waals surface area contributed by atoms with E-state index in [9.17, 15) is 17.6 Å². The molecule has 0 saturated heterocycles. The second-order valence-electron chi connectivity index (χ2n) is 3.07. The summed E-state index contributed by atoms with van der Waals surface area (Å²) in [7, 11) is -3.93. The summed E-state index contributed by atoms with van der Waals surface area (Å²) in [5.41, 5.74) is 0. The molecular weight excluding hydrogens is 275 g/mol. The van der Waals surface area contributed by atoms with Crippen LogP contribution in [0.2, 0.25) is 0 Å². The van der Waals surface area contributed by atoms with Gasteiger partial charge in [0.25, 0.3) is 10.1 Å². The Morgan fingerprint density at radius 3 is 2.16 bits per heavy atom. The van der Waals surface area contributed by atoms with E-state index in [1.54, 1.807) is 0 Å². The van der Waals surface area contributed by atoms with Crippen LogP contribution in [0, 0.1) is 5.82 Å². The van der Waals surface area contributed by atoms with Gasteiger partial charge in [-0.3, -0.25) is 8.98 Å². The van der Waals surface area contributed by atoms with Crippen molar-refractivity contribution in [3.05, 3.63) is 30.1 Å². The standard InChI is InChI=1S/C10H11FO5S.C2H6/c1-8(12)15-6-7-16-17(13,14)10-4-2-9(11)3-5-10;1-2/h2-5H,6-7H2,1H3;1-2H3. The van der Waals surface area contributed by atoms with E-state index in [4.69, 9.17) is 0 Å². The number of rotatable bonds is 5. The van der Waals surface area contributed by atoms with Crippen LogP contribution in [-0.2, 0) is 23.8 Å². The van der Waals surface area contributed by atoms with E-state index in [1.807, 2.05) is 13.8 Å². The molecule has 0 aromatic heterocycles. The maximum absolute atomic E-state index is 12.6. The lowest BCUT2D eigenvalue weighted by Gasteiger charge is -2.05. The Kier molecular flexibility index (Phi) is 7.94. The first-order valence-electron chi connectivity index (χ1n) is 5.70. The molecule has 0 radical (unpaired) electrons. The Labute approximate surface area is 112 Å². The molecular formula is C12H17FO5S. The fraction of sp³-hybridized carbons (Fsp3) is 0.417. The molecule has 0 saturated carbocycles. The van der Waals surface area contributed by atoms with Gasteiger partial charge in [0.15, 0.2) is 0 Å². The Balaban J connectivity index is 0.00000154. The average Bonchev–Trinajstić information content (AvgIpc) is 2.37. The first-order valence-corrected chi connectivity index (χ1v) is 7.11. The van der Waals surface area contributed by atoms with Gasteiger partial charge in [0, 0.05) is 6.92 Å². The summed E-state index contributed by atoms with van der Waals surface area (Å²) in [5.74, 6) is -1.06. The van der Waals surface area contributed by atoms with Gasteiger partial charge in [-0.05, 0) is 24.3 Å². The van der Waals surface area contributed by atoms with Gasteiger partial charge in [-0.1, -0.05) is 13.8 Å². The zero-order valence-corrected chi connectivity index (χ0v) is 11.9. The Morgan fingerprint density at radius 2 is 1.68 bits per heavy atom. The number of esters is 1. The van der Waals surface area contributed by atoms with Gasteiger partial charge < -0.3 is 4.74 Å². The fourth-order valence-electron chi connectivity index (χ4n) is 0.998. The molecule has 0 amide bonds. The van der Waals surface area contributed by atoms with Crippen LogP contribution >= 0.6 is 0 Å². The van der Waals surface area contributed by atoms with E-state index in [0.29, 0.717) is 0 Å². The number of carbonyl (C=O) groups is 1. The van der Waals surface area contributed by atoms with Crippen molar-refractivity contribution >= 4 is 16.1 Å². The molecule has 1 aromatic rings. The highest BCUT2D eigenvalue weighted by Gasteiger charge is 2.14. The van der Waals surface area contributed by atoms with Crippen LogP contribution in [0.1, 0.15) is 20.8 Å². The van der Waals surface area contributed by atoms with Crippen molar-refractivity contribution in [3.8, 4) is 0 Å². The van der Waals surface area contributed by atoms with Crippen molar-refractivity contribution < 1.29 is 26.5 Å². The topological polar surface area (TPSA) is 69.7 Å². The Bertz CT molecular complexity index is 481.